The van der Waals surface area contributed by atoms with E-state index in [0.29, 0.717) is 24.8 Å². The first-order valence-electron chi connectivity index (χ1n) is 13.6. The van der Waals surface area contributed by atoms with E-state index in [1.807, 2.05) is 74.5 Å². The Morgan fingerprint density at radius 1 is 0.711 bits per heavy atom. The normalized spacial score (nSPS) is 17.9. The van der Waals surface area contributed by atoms with Gasteiger partial charge >= 0.3 is 6.03 Å². The van der Waals surface area contributed by atoms with Gasteiger partial charge in [0.2, 0.25) is 0 Å². The Labute approximate surface area is 228 Å². The first-order chi connectivity index (χ1) is 18.1. The van der Waals surface area contributed by atoms with Crippen molar-refractivity contribution in [2.45, 2.75) is 55.4 Å². The molecule has 0 saturated heterocycles. The highest BCUT2D eigenvalue weighted by molar-refractivity contribution is 6.19. The molecule has 3 rings (SSSR count). The standard InChI is InChI=1S/C31H42N6O/c1-9-36(10-2)28-31(7,8)30(5,6)27(35-28)33-25(23-19-15-13-16-20-23)32-26(24-21-17-14-18-22-24)34-29(38)37(11-3)12-4/h13-22H,9-12H2,1-8H3/b32-25?,33-27?,34-26-. The Bertz CT molecular complexity index is 1220. The quantitative estimate of drug-likeness (QED) is 0.324. The van der Waals surface area contributed by atoms with Gasteiger partial charge in [-0.05, 0) is 27.7 Å². The zero-order valence-electron chi connectivity index (χ0n) is 24.2. The summed E-state index contributed by atoms with van der Waals surface area (Å²) < 4.78 is 0. The molecular weight excluding hydrogens is 472 g/mol. The fourth-order valence-corrected chi connectivity index (χ4v) is 4.43. The Balaban J connectivity index is 2.26. The predicted molar refractivity (Wildman–Crippen MR) is 160 cm³/mol. The van der Waals surface area contributed by atoms with E-state index in [9.17, 15) is 4.79 Å². The van der Waals surface area contributed by atoms with Crippen molar-refractivity contribution in [3.05, 3.63) is 71.8 Å². The zero-order valence-corrected chi connectivity index (χ0v) is 24.2. The summed E-state index contributed by atoms with van der Waals surface area (Å²) in [5.41, 5.74) is 1.01. The molecule has 2 amide bonds. The number of carbonyl (C=O) groups excluding carboxylic acids is 1. The lowest BCUT2D eigenvalue weighted by Crippen LogP contribution is -2.45. The second kappa shape index (κ2) is 12.3. The third-order valence-corrected chi connectivity index (χ3v) is 7.68. The lowest BCUT2D eigenvalue weighted by Gasteiger charge is -2.38. The summed E-state index contributed by atoms with van der Waals surface area (Å²) in [6, 6.07) is 19.1. The van der Waals surface area contributed by atoms with Crippen molar-refractivity contribution >= 4 is 29.4 Å². The minimum atomic E-state index is -0.346. The van der Waals surface area contributed by atoms with Crippen molar-refractivity contribution in [3.8, 4) is 0 Å². The molecular formula is C31H42N6O. The molecule has 2 aromatic rings. The van der Waals surface area contributed by atoms with Crippen LogP contribution in [0.1, 0.15) is 66.5 Å². The van der Waals surface area contributed by atoms with Crippen LogP contribution in [0.3, 0.4) is 0 Å². The van der Waals surface area contributed by atoms with Crippen LogP contribution < -0.4 is 0 Å². The molecule has 1 heterocycles. The van der Waals surface area contributed by atoms with Crippen molar-refractivity contribution in [3.63, 3.8) is 0 Å². The van der Waals surface area contributed by atoms with Gasteiger partial charge in [0.25, 0.3) is 0 Å². The van der Waals surface area contributed by atoms with Gasteiger partial charge in [-0.3, -0.25) is 0 Å². The SMILES string of the molecule is CCN(CC)C(=O)/N=C(\N=C(N=C1N=C(N(CC)CC)C(C)(C)C1(C)C)c1ccccc1)c1ccccc1. The number of rotatable bonds is 6. The molecule has 202 valence electrons. The van der Waals surface area contributed by atoms with E-state index in [1.54, 1.807) is 4.90 Å². The van der Waals surface area contributed by atoms with Gasteiger partial charge in [-0.15, -0.1) is 0 Å². The van der Waals surface area contributed by atoms with Gasteiger partial charge in [-0.25, -0.2) is 19.8 Å². The Morgan fingerprint density at radius 3 is 1.68 bits per heavy atom. The van der Waals surface area contributed by atoms with Crippen molar-refractivity contribution in [1.29, 1.82) is 0 Å². The molecule has 0 saturated carbocycles. The van der Waals surface area contributed by atoms with Crippen LogP contribution >= 0.6 is 0 Å². The van der Waals surface area contributed by atoms with Gasteiger partial charge in [-0.2, -0.15) is 4.99 Å². The third-order valence-electron chi connectivity index (χ3n) is 7.68. The fourth-order valence-electron chi connectivity index (χ4n) is 4.43. The molecule has 7 heteroatoms. The third kappa shape index (κ3) is 5.93. The molecule has 0 spiro atoms. The van der Waals surface area contributed by atoms with Gasteiger partial charge in [0.1, 0.15) is 11.7 Å². The van der Waals surface area contributed by atoms with E-state index in [4.69, 9.17) is 15.0 Å². The monoisotopic (exact) mass is 514 g/mol. The molecule has 38 heavy (non-hydrogen) atoms. The number of nitrogens with zero attached hydrogens (tertiary/aromatic N) is 6. The van der Waals surface area contributed by atoms with Crippen LogP contribution in [0.15, 0.2) is 80.6 Å². The molecule has 7 nitrogen and oxygen atoms in total. The first kappa shape index (κ1) is 29.0. The number of amidine groups is 4. The first-order valence-corrected chi connectivity index (χ1v) is 13.6. The maximum absolute atomic E-state index is 13.0. The molecule has 0 aliphatic carbocycles. The Morgan fingerprint density at radius 2 is 1.21 bits per heavy atom. The average molecular weight is 515 g/mol. The van der Waals surface area contributed by atoms with Crippen molar-refractivity contribution in [1.82, 2.24) is 9.80 Å². The number of benzene rings is 2. The Kier molecular flexibility index (Phi) is 9.36. The summed E-state index contributed by atoms with van der Waals surface area (Å²) in [6.45, 7) is 19.9. The molecule has 0 N–H and O–H groups in total. The number of carbonyl (C=O) groups is 1. The van der Waals surface area contributed by atoms with Crippen LogP contribution in [0.2, 0.25) is 0 Å². The number of hydrogen-bond donors (Lipinski definition) is 0. The molecule has 0 unspecified atom stereocenters. The van der Waals surface area contributed by atoms with Crippen molar-refractivity contribution < 1.29 is 4.79 Å². The largest absolute Gasteiger partial charge is 0.360 e. The molecule has 0 bridgehead atoms. The summed E-state index contributed by atoms with van der Waals surface area (Å²) in [5, 5.41) is 0. The van der Waals surface area contributed by atoms with Crippen LogP contribution in [0.5, 0.6) is 0 Å². The smallest absolute Gasteiger partial charge is 0.345 e. The van der Waals surface area contributed by atoms with E-state index in [2.05, 4.69) is 51.4 Å². The molecule has 1 aliphatic rings. The lowest BCUT2D eigenvalue weighted by molar-refractivity contribution is 0.213. The highest BCUT2D eigenvalue weighted by atomic mass is 16.2. The van der Waals surface area contributed by atoms with Crippen LogP contribution in [-0.4, -0.2) is 65.4 Å². The second-order valence-corrected chi connectivity index (χ2v) is 10.4. The number of urea groups is 1. The Hall–Kier alpha value is -3.61. The minimum absolute atomic E-state index is 0.227. The molecule has 2 aromatic carbocycles. The van der Waals surface area contributed by atoms with Crippen LogP contribution in [-0.2, 0) is 0 Å². The van der Waals surface area contributed by atoms with Crippen molar-refractivity contribution in [2.24, 2.45) is 30.8 Å². The van der Waals surface area contributed by atoms with Crippen molar-refractivity contribution in [2.75, 3.05) is 26.2 Å². The maximum atomic E-state index is 13.0. The van der Waals surface area contributed by atoms with Gasteiger partial charge in [0.05, 0.1) is 0 Å². The number of amides is 2. The highest BCUT2D eigenvalue weighted by Crippen LogP contribution is 2.47. The number of aliphatic imine (C=N–C) groups is 4. The molecule has 0 radical (unpaired) electrons. The summed E-state index contributed by atoms with van der Waals surface area (Å²) in [5.74, 6) is 2.56. The van der Waals surface area contributed by atoms with Crippen LogP contribution in [0.4, 0.5) is 4.79 Å². The van der Waals surface area contributed by atoms with E-state index in [-0.39, 0.29) is 16.9 Å². The molecule has 0 fully saturated rings. The van der Waals surface area contributed by atoms with Gasteiger partial charge < -0.3 is 9.80 Å². The topological polar surface area (TPSA) is 73.0 Å². The summed E-state index contributed by atoms with van der Waals surface area (Å²) in [4.78, 5) is 36.6. The highest BCUT2D eigenvalue weighted by Gasteiger charge is 2.51. The van der Waals surface area contributed by atoms with E-state index in [1.165, 1.54) is 0 Å². The van der Waals surface area contributed by atoms with Gasteiger partial charge in [0, 0.05) is 48.1 Å². The van der Waals surface area contributed by atoms with E-state index in [0.717, 1.165) is 35.9 Å². The molecule has 0 atom stereocenters. The maximum Gasteiger partial charge on any atom is 0.345 e. The summed E-state index contributed by atoms with van der Waals surface area (Å²) >= 11 is 0. The zero-order chi connectivity index (χ0) is 27.9. The summed E-state index contributed by atoms with van der Waals surface area (Å²) in [6.07, 6.45) is 0. The number of hydrogen-bond acceptors (Lipinski definition) is 2. The van der Waals surface area contributed by atoms with Gasteiger partial charge in [0.15, 0.2) is 11.7 Å². The average Bonchev–Trinajstić information content (AvgIpc) is 3.09. The van der Waals surface area contributed by atoms with E-state index < -0.39 is 0 Å². The molecule has 0 aromatic heterocycles. The van der Waals surface area contributed by atoms with Crippen LogP contribution in [0.25, 0.3) is 0 Å². The second-order valence-electron chi connectivity index (χ2n) is 10.4. The fraction of sp³-hybridized carbons (Fsp3) is 0.452. The lowest BCUT2D eigenvalue weighted by atomic mass is 9.68. The minimum Gasteiger partial charge on any atom is -0.360 e. The van der Waals surface area contributed by atoms with E-state index >= 15 is 0 Å². The summed E-state index contributed by atoms with van der Waals surface area (Å²) in [7, 11) is 0. The van der Waals surface area contributed by atoms with Gasteiger partial charge in [-0.1, -0.05) is 88.4 Å². The van der Waals surface area contributed by atoms with Crippen LogP contribution in [0, 0.1) is 10.8 Å². The molecule has 1 aliphatic heterocycles. The predicted octanol–water partition coefficient (Wildman–Crippen LogP) is 6.55.